The van der Waals surface area contributed by atoms with Gasteiger partial charge in [0, 0.05) is 65.2 Å². The third-order valence-corrected chi connectivity index (χ3v) is 13.9. The van der Waals surface area contributed by atoms with Crippen molar-refractivity contribution in [2.24, 2.45) is 11.8 Å². The van der Waals surface area contributed by atoms with Gasteiger partial charge in [-0.2, -0.15) is 4.57 Å². The SMILES string of the molecule is CCc1c[n+]2c(cc1C1=CN3c4ccccc4[C@@]45CC[N+]6(CCl)CC7=CCO[C@@H]1[C@@H]([C@H]34)[C@H]7C[C@@H]56)-c1[nH]c3ccccc3c1CC2. The third kappa shape index (κ3) is 2.98. The smallest absolute Gasteiger partial charge is 0.229 e. The second-order valence-electron chi connectivity index (χ2n) is 14.9. The summed E-state index contributed by atoms with van der Waals surface area (Å²) in [6.45, 7) is 6.30. The first-order valence-electron chi connectivity index (χ1n) is 17.1. The molecule has 0 amide bonds. The van der Waals surface area contributed by atoms with Crippen LogP contribution in [0.1, 0.15) is 42.0 Å². The predicted octanol–water partition coefficient (Wildman–Crippen LogP) is 6.48. The molecule has 5 nitrogen and oxygen atoms in total. The number of piperidine rings is 1. The van der Waals surface area contributed by atoms with E-state index in [1.165, 1.54) is 69.6 Å². The van der Waals surface area contributed by atoms with Crippen LogP contribution < -0.4 is 9.47 Å². The van der Waals surface area contributed by atoms with Gasteiger partial charge in [0.25, 0.3) is 0 Å². The number of pyridine rings is 1. The van der Waals surface area contributed by atoms with Crippen LogP contribution in [0.4, 0.5) is 5.69 Å². The van der Waals surface area contributed by atoms with Crippen molar-refractivity contribution in [3.8, 4) is 11.4 Å². The summed E-state index contributed by atoms with van der Waals surface area (Å²) in [7, 11) is 0. The van der Waals surface area contributed by atoms with Crippen LogP contribution in [0.3, 0.4) is 0 Å². The Kier molecular flexibility index (Phi) is 4.98. The first kappa shape index (κ1) is 25.8. The monoisotopic (exact) mass is 614 g/mol. The number of benzene rings is 2. The number of ether oxygens (including phenoxy) is 1. The number of aryl methyl sites for hydroxylation is 3. The lowest BCUT2D eigenvalue weighted by molar-refractivity contribution is -0.933. The molecule has 7 atom stereocenters. The average molecular weight is 615 g/mol. The fraction of sp³-hybridized carbons (Fsp3) is 0.410. The molecule has 3 fully saturated rings. The van der Waals surface area contributed by atoms with Gasteiger partial charge < -0.3 is 19.1 Å². The Morgan fingerprint density at radius 3 is 2.96 bits per heavy atom. The molecule has 11 rings (SSSR count). The van der Waals surface area contributed by atoms with Crippen LogP contribution in [-0.4, -0.2) is 53.4 Å². The molecule has 226 valence electrons. The first-order valence-corrected chi connectivity index (χ1v) is 17.7. The molecule has 1 N–H and O–H groups in total. The second kappa shape index (κ2) is 8.70. The van der Waals surface area contributed by atoms with Crippen molar-refractivity contribution in [2.45, 2.75) is 62.8 Å². The number of halogens is 1. The Balaban J connectivity index is 1.15. The maximum Gasteiger partial charge on any atom is 0.229 e. The number of aromatic amines is 1. The maximum absolute atomic E-state index is 7.09. The third-order valence-electron chi connectivity index (χ3n) is 13.4. The summed E-state index contributed by atoms with van der Waals surface area (Å²) in [5.41, 5.74) is 14.2. The van der Waals surface area contributed by atoms with Crippen LogP contribution in [0.5, 0.6) is 0 Å². The molecule has 6 heteroatoms. The van der Waals surface area contributed by atoms with Gasteiger partial charge in [0.2, 0.25) is 5.69 Å². The highest BCUT2D eigenvalue weighted by Gasteiger charge is 2.75. The van der Waals surface area contributed by atoms with Crippen molar-refractivity contribution in [1.82, 2.24) is 4.98 Å². The number of fused-ring (bicyclic) bond motifs is 7. The van der Waals surface area contributed by atoms with E-state index in [4.69, 9.17) is 16.3 Å². The van der Waals surface area contributed by atoms with Gasteiger partial charge in [0.15, 0.2) is 18.7 Å². The lowest BCUT2D eigenvalue weighted by Crippen LogP contribution is -2.71. The number of aromatic nitrogens is 2. The number of nitrogens with one attached hydrogen (secondary N) is 1. The number of anilines is 1. The lowest BCUT2D eigenvalue weighted by atomic mass is 9.53. The van der Waals surface area contributed by atoms with Crippen LogP contribution >= 0.6 is 11.6 Å². The molecule has 2 aromatic carbocycles. The van der Waals surface area contributed by atoms with Crippen molar-refractivity contribution >= 4 is 33.8 Å². The van der Waals surface area contributed by atoms with Gasteiger partial charge in [-0.1, -0.05) is 61.0 Å². The molecule has 2 aromatic heterocycles. The van der Waals surface area contributed by atoms with Crippen molar-refractivity contribution < 1.29 is 13.8 Å². The number of nitrogens with zero attached hydrogens (tertiary/aromatic N) is 3. The second-order valence-corrected chi connectivity index (χ2v) is 15.1. The van der Waals surface area contributed by atoms with Crippen LogP contribution in [0.15, 0.2) is 78.6 Å². The number of rotatable bonds is 3. The summed E-state index contributed by atoms with van der Waals surface area (Å²) in [5, 5.41) is 1.36. The minimum Gasteiger partial charge on any atom is -0.369 e. The Morgan fingerprint density at radius 2 is 2.04 bits per heavy atom. The van der Waals surface area contributed by atoms with E-state index in [-0.39, 0.29) is 11.5 Å². The van der Waals surface area contributed by atoms with Crippen molar-refractivity contribution in [3.63, 3.8) is 0 Å². The van der Waals surface area contributed by atoms with Gasteiger partial charge >= 0.3 is 0 Å². The van der Waals surface area contributed by atoms with E-state index < -0.39 is 0 Å². The minimum atomic E-state index is 0.0767. The average Bonchev–Trinajstić information content (AvgIpc) is 3.69. The molecule has 4 aromatic rings. The van der Waals surface area contributed by atoms with E-state index in [0.717, 1.165) is 30.4 Å². The van der Waals surface area contributed by atoms with Crippen LogP contribution in [-0.2, 0) is 29.5 Å². The number of hydrogen-bond donors (Lipinski definition) is 1. The standard InChI is InChI=1S/C39H38ClN4O/c1-2-23-19-42-14-11-26-25-7-3-5-9-31(25)41-36(26)33(42)17-27(23)29-20-43-32-10-6-4-8-30(32)39-13-15-44(22-40)21-24-12-16-45-37(29)35(38(39)43)28(24)18-34(39)44/h3-10,12,17,19-20,28,34-35,37-38H,2,11,13-16,18,21-22H2,1H3/q+1/p+1/t28-,34-,35-,37-,38-,39+,44?/m0/s1. The molecule has 0 radical (unpaired) electrons. The summed E-state index contributed by atoms with van der Waals surface area (Å²) in [5.74, 6) is 0.973. The van der Waals surface area contributed by atoms with Gasteiger partial charge in [-0.25, -0.2) is 0 Å². The molecule has 1 unspecified atom stereocenters. The first-order chi connectivity index (χ1) is 22.1. The highest BCUT2D eigenvalue weighted by atomic mass is 35.5. The van der Waals surface area contributed by atoms with E-state index in [2.05, 4.69) is 94.4 Å². The zero-order chi connectivity index (χ0) is 29.7. The zero-order valence-corrected chi connectivity index (χ0v) is 26.6. The van der Waals surface area contributed by atoms with Gasteiger partial charge in [-0.3, -0.25) is 0 Å². The fourth-order valence-electron chi connectivity index (χ4n) is 11.7. The Hall–Kier alpha value is -3.38. The van der Waals surface area contributed by atoms with Crippen molar-refractivity contribution in [1.29, 1.82) is 0 Å². The highest BCUT2D eigenvalue weighted by molar-refractivity contribution is 6.17. The quantitative estimate of drug-likeness (QED) is 0.0942. The molecule has 1 spiro atoms. The van der Waals surface area contributed by atoms with Crippen LogP contribution in [0.25, 0.3) is 27.9 Å². The summed E-state index contributed by atoms with van der Waals surface area (Å²) in [6.07, 6.45) is 12.0. The van der Waals surface area contributed by atoms with Crippen molar-refractivity contribution in [3.05, 3.63) is 101 Å². The van der Waals surface area contributed by atoms with E-state index >= 15 is 0 Å². The molecule has 2 bridgehead atoms. The summed E-state index contributed by atoms with van der Waals surface area (Å²) in [6, 6.07) is 22.4. The fourth-order valence-corrected chi connectivity index (χ4v) is 12.1. The Bertz CT molecular complexity index is 2030. The maximum atomic E-state index is 7.09. The molecule has 6 aliphatic heterocycles. The van der Waals surface area contributed by atoms with E-state index in [1.807, 2.05) is 0 Å². The number of H-pyrrole nitrogens is 1. The van der Waals surface area contributed by atoms with E-state index in [1.54, 1.807) is 11.1 Å². The predicted molar refractivity (Wildman–Crippen MR) is 178 cm³/mol. The van der Waals surface area contributed by atoms with Gasteiger partial charge in [0.1, 0.15) is 18.3 Å². The number of para-hydroxylation sites is 2. The van der Waals surface area contributed by atoms with E-state index in [9.17, 15) is 0 Å². The lowest BCUT2D eigenvalue weighted by Gasteiger charge is -2.60. The number of alkyl halides is 1. The molecule has 45 heavy (non-hydrogen) atoms. The Labute approximate surface area is 269 Å². The molecule has 7 aliphatic rings. The zero-order valence-electron chi connectivity index (χ0n) is 25.8. The molecular formula is C39H39ClN4O+2. The molecule has 1 saturated carbocycles. The van der Waals surface area contributed by atoms with E-state index in [0.29, 0.717) is 36.5 Å². The van der Waals surface area contributed by atoms with Gasteiger partial charge in [-0.05, 0) is 46.7 Å². The Morgan fingerprint density at radius 1 is 1.16 bits per heavy atom. The summed E-state index contributed by atoms with van der Waals surface area (Å²) >= 11 is 6.96. The summed E-state index contributed by atoms with van der Waals surface area (Å²) in [4.78, 5) is 6.55. The van der Waals surface area contributed by atoms with Gasteiger partial charge in [0.05, 0.1) is 30.7 Å². The summed E-state index contributed by atoms with van der Waals surface area (Å²) < 4.78 is 10.6. The van der Waals surface area contributed by atoms with Gasteiger partial charge in [-0.15, -0.1) is 0 Å². The molecule has 1 aliphatic carbocycles. The molecular weight excluding hydrogens is 576 g/mol. The minimum absolute atomic E-state index is 0.0767. The van der Waals surface area contributed by atoms with Crippen molar-refractivity contribution in [2.75, 3.05) is 30.6 Å². The van der Waals surface area contributed by atoms with Crippen LogP contribution in [0.2, 0.25) is 0 Å². The molecule has 2 saturated heterocycles. The number of quaternary nitrogens is 1. The number of hydrogen-bond acceptors (Lipinski definition) is 2. The molecule has 8 heterocycles. The normalized spacial score (nSPS) is 34.5. The highest BCUT2D eigenvalue weighted by Crippen LogP contribution is 2.68. The largest absolute Gasteiger partial charge is 0.369 e. The topological polar surface area (TPSA) is 32.1 Å². The van der Waals surface area contributed by atoms with Crippen LogP contribution in [0, 0.1) is 11.8 Å².